The smallest absolute Gasteiger partial charge is 0.282 e. The molecule has 0 saturated carbocycles. The molecule has 1 aliphatic rings. The van der Waals surface area contributed by atoms with Gasteiger partial charge in [-0.25, -0.2) is 5.01 Å². The van der Waals surface area contributed by atoms with E-state index in [0.717, 1.165) is 5.75 Å². The molecule has 32 heavy (non-hydrogen) atoms. The van der Waals surface area contributed by atoms with Crippen molar-refractivity contribution in [1.29, 1.82) is 0 Å². The second kappa shape index (κ2) is 10.0. The summed E-state index contributed by atoms with van der Waals surface area (Å²) in [5, 5.41) is 1.70. The Morgan fingerprint density at radius 3 is 2.31 bits per heavy atom. The van der Waals surface area contributed by atoms with E-state index in [1.807, 2.05) is 36.4 Å². The average Bonchev–Trinajstić information content (AvgIpc) is 3.10. The Balaban J connectivity index is 1.44. The van der Waals surface area contributed by atoms with Gasteiger partial charge in [0.05, 0.1) is 18.9 Å². The van der Waals surface area contributed by atoms with Crippen LogP contribution in [-0.2, 0) is 9.59 Å². The van der Waals surface area contributed by atoms with E-state index in [2.05, 4.69) is 5.43 Å². The van der Waals surface area contributed by atoms with Gasteiger partial charge in [-0.2, -0.15) is 0 Å². The fourth-order valence-corrected chi connectivity index (χ4v) is 3.36. The first-order valence-electron chi connectivity index (χ1n) is 10.1. The molecule has 0 radical (unpaired) electrons. The molecule has 3 aromatic rings. The number of anilines is 1. The van der Waals surface area contributed by atoms with E-state index in [-0.39, 0.29) is 5.57 Å². The summed E-state index contributed by atoms with van der Waals surface area (Å²) in [6.07, 6.45) is 2.16. The van der Waals surface area contributed by atoms with E-state index in [9.17, 15) is 9.59 Å². The molecule has 7 heteroatoms. The summed E-state index contributed by atoms with van der Waals surface area (Å²) in [5.41, 5.74) is 3.72. The fourth-order valence-electron chi connectivity index (χ4n) is 3.18. The lowest BCUT2D eigenvalue weighted by Crippen LogP contribution is -2.35. The molecule has 0 spiro atoms. The topological polar surface area (TPSA) is 67.9 Å². The molecule has 0 bridgehead atoms. The van der Waals surface area contributed by atoms with Gasteiger partial charge in [0.15, 0.2) is 0 Å². The normalized spacial score (nSPS) is 14.5. The zero-order valence-corrected chi connectivity index (χ0v) is 17.9. The van der Waals surface area contributed by atoms with Crippen LogP contribution in [0.3, 0.4) is 0 Å². The SMILES string of the molecule is O=C1NN(c2ccccc2)C(=O)C1=Cc1cc(Cl)ccc1OCCCOc1ccccc1. The minimum Gasteiger partial charge on any atom is -0.493 e. The number of rotatable bonds is 8. The first kappa shape index (κ1) is 21.5. The molecular formula is C25H21ClN2O4. The maximum atomic E-state index is 12.8. The van der Waals surface area contributed by atoms with Crippen LogP contribution in [0.2, 0.25) is 5.02 Å². The average molecular weight is 449 g/mol. The van der Waals surface area contributed by atoms with Crippen LogP contribution in [0.4, 0.5) is 5.69 Å². The van der Waals surface area contributed by atoms with Crippen molar-refractivity contribution in [1.82, 2.24) is 5.43 Å². The van der Waals surface area contributed by atoms with E-state index < -0.39 is 11.8 Å². The molecule has 1 N–H and O–H groups in total. The summed E-state index contributed by atoms with van der Waals surface area (Å²) in [6.45, 7) is 0.905. The van der Waals surface area contributed by atoms with Crippen LogP contribution in [0.1, 0.15) is 12.0 Å². The molecule has 4 rings (SSSR count). The van der Waals surface area contributed by atoms with Crippen molar-refractivity contribution in [3.63, 3.8) is 0 Å². The highest BCUT2D eigenvalue weighted by Crippen LogP contribution is 2.28. The van der Waals surface area contributed by atoms with Crippen molar-refractivity contribution in [3.05, 3.63) is 95.0 Å². The Hall–Kier alpha value is -3.77. The predicted molar refractivity (Wildman–Crippen MR) is 124 cm³/mol. The molecule has 0 atom stereocenters. The minimum absolute atomic E-state index is 0.00776. The summed E-state index contributed by atoms with van der Waals surface area (Å²) in [6, 6.07) is 23.5. The van der Waals surface area contributed by atoms with E-state index in [1.54, 1.807) is 42.5 Å². The van der Waals surface area contributed by atoms with E-state index in [0.29, 0.717) is 41.7 Å². The molecular weight excluding hydrogens is 428 g/mol. The minimum atomic E-state index is -0.485. The lowest BCUT2D eigenvalue weighted by atomic mass is 10.1. The Kier molecular flexibility index (Phi) is 6.72. The van der Waals surface area contributed by atoms with Gasteiger partial charge in [0.1, 0.15) is 17.1 Å². The van der Waals surface area contributed by atoms with Gasteiger partial charge in [-0.15, -0.1) is 0 Å². The van der Waals surface area contributed by atoms with E-state index >= 15 is 0 Å². The standard InChI is InChI=1S/C25H21ClN2O4/c26-19-12-13-23(32-15-7-14-31-21-10-5-2-6-11-21)18(16-19)17-22-24(29)27-28(25(22)30)20-8-3-1-4-9-20/h1-6,8-13,16-17H,7,14-15H2,(H,27,29). The number of carbonyl (C=O) groups is 2. The van der Waals surface area contributed by atoms with Crippen LogP contribution in [0, 0.1) is 0 Å². The molecule has 0 aromatic heterocycles. The number of ether oxygens (including phenoxy) is 2. The third-order valence-corrected chi connectivity index (χ3v) is 4.97. The zero-order chi connectivity index (χ0) is 22.3. The highest BCUT2D eigenvalue weighted by molar-refractivity contribution is 6.32. The van der Waals surface area contributed by atoms with Gasteiger partial charge in [0.25, 0.3) is 11.8 Å². The monoisotopic (exact) mass is 448 g/mol. The van der Waals surface area contributed by atoms with Gasteiger partial charge in [-0.3, -0.25) is 15.0 Å². The Morgan fingerprint density at radius 1 is 0.875 bits per heavy atom. The lowest BCUT2D eigenvalue weighted by Gasteiger charge is -2.14. The highest BCUT2D eigenvalue weighted by atomic mass is 35.5. The lowest BCUT2D eigenvalue weighted by molar-refractivity contribution is -0.117. The van der Waals surface area contributed by atoms with Crippen LogP contribution in [-0.4, -0.2) is 25.0 Å². The van der Waals surface area contributed by atoms with Crippen molar-refractivity contribution in [2.24, 2.45) is 0 Å². The van der Waals surface area contributed by atoms with Crippen LogP contribution < -0.4 is 19.9 Å². The number of benzene rings is 3. The third kappa shape index (κ3) is 5.10. The number of hydrogen-bond donors (Lipinski definition) is 1. The van der Waals surface area contributed by atoms with Crippen molar-refractivity contribution < 1.29 is 19.1 Å². The largest absolute Gasteiger partial charge is 0.493 e. The fraction of sp³-hybridized carbons (Fsp3) is 0.120. The summed E-state index contributed by atoms with van der Waals surface area (Å²) in [5.74, 6) is 0.406. The summed E-state index contributed by atoms with van der Waals surface area (Å²) in [7, 11) is 0. The summed E-state index contributed by atoms with van der Waals surface area (Å²) in [4.78, 5) is 25.3. The van der Waals surface area contributed by atoms with Crippen LogP contribution in [0.15, 0.2) is 84.4 Å². The number of carbonyl (C=O) groups excluding carboxylic acids is 2. The van der Waals surface area contributed by atoms with E-state index in [4.69, 9.17) is 21.1 Å². The predicted octanol–water partition coefficient (Wildman–Crippen LogP) is 4.65. The molecule has 0 aliphatic carbocycles. The second-order valence-corrected chi connectivity index (χ2v) is 7.46. The van der Waals surface area contributed by atoms with Gasteiger partial charge in [0.2, 0.25) is 0 Å². The van der Waals surface area contributed by atoms with Gasteiger partial charge in [0, 0.05) is 17.0 Å². The molecule has 0 unspecified atom stereocenters. The number of halogens is 1. The first-order chi connectivity index (χ1) is 15.6. The van der Waals surface area contributed by atoms with Gasteiger partial charge >= 0.3 is 0 Å². The van der Waals surface area contributed by atoms with Gasteiger partial charge in [-0.1, -0.05) is 48.0 Å². The number of nitrogens with one attached hydrogen (secondary N) is 1. The van der Waals surface area contributed by atoms with Crippen molar-refractivity contribution in [2.45, 2.75) is 6.42 Å². The summed E-state index contributed by atoms with van der Waals surface area (Å²) < 4.78 is 11.5. The maximum absolute atomic E-state index is 12.8. The van der Waals surface area contributed by atoms with Crippen LogP contribution >= 0.6 is 11.6 Å². The second-order valence-electron chi connectivity index (χ2n) is 7.02. The molecule has 1 saturated heterocycles. The molecule has 3 aromatic carbocycles. The molecule has 1 heterocycles. The molecule has 2 amide bonds. The third-order valence-electron chi connectivity index (χ3n) is 4.74. The highest BCUT2D eigenvalue weighted by Gasteiger charge is 2.34. The molecule has 1 fully saturated rings. The van der Waals surface area contributed by atoms with Gasteiger partial charge in [-0.05, 0) is 48.5 Å². The van der Waals surface area contributed by atoms with E-state index in [1.165, 1.54) is 11.1 Å². The number of hydrazine groups is 1. The van der Waals surface area contributed by atoms with Gasteiger partial charge < -0.3 is 9.47 Å². The van der Waals surface area contributed by atoms with Crippen LogP contribution in [0.25, 0.3) is 6.08 Å². The number of amides is 2. The van der Waals surface area contributed by atoms with Crippen molar-refractivity contribution in [2.75, 3.05) is 18.2 Å². The Labute approximate surface area is 191 Å². The number of nitrogens with zero attached hydrogens (tertiary/aromatic N) is 1. The maximum Gasteiger partial charge on any atom is 0.282 e. The number of para-hydroxylation sites is 2. The molecule has 1 aliphatic heterocycles. The first-order valence-corrected chi connectivity index (χ1v) is 10.5. The quantitative estimate of drug-likeness (QED) is 0.309. The Bertz CT molecular complexity index is 1130. The summed E-state index contributed by atoms with van der Waals surface area (Å²) >= 11 is 6.15. The molecule has 162 valence electrons. The van der Waals surface area contributed by atoms with Crippen molar-refractivity contribution >= 4 is 35.2 Å². The van der Waals surface area contributed by atoms with Crippen molar-refractivity contribution in [3.8, 4) is 11.5 Å². The van der Waals surface area contributed by atoms with Crippen LogP contribution in [0.5, 0.6) is 11.5 Å². The Morgan fingerprint density at radius 2 is 1.56 bits per heavy atom. The number of hydrogen-bond acceptors (Lipinski definition) is 4. The zero-order valence-electron chi connectivity index (χ0n) is 17.2. The molecule has 6 nitrogen and oxygen atoms in total.